The summed E-state index contributed by atoms with van der Waals surface area (Å²) in [4.78, 5) is 27.2. The van der Waals surface area contributed by atoms with Gasteiger partial charge in [-0.25, -0.2) is 0 Å². The largest absolute Gasteiger partial charge is 0.320 e. The van der Waals surface area contributed by atoms with Crippen molar-refractivity contribution in [2.45, 2.75) is 20.4 Å². The standard InChI is InChI=1S/C14H16N2O2S/c1-9-10(2)14(18)16(13(9)17)8-12-6-5-11(19-12)4-3-7-15/h5-6,9-10H,7-8,15H2,1-2H3. The molecule has 0 radical (unpaired) electrons. The second-order valence-electron chi connectivity index (χ2n) is 4.61. The molecule has 0 aliphatic carbocycles. The zero-order valence-corrected chi connectivity index (χ0v) is 11.8. The van der Waals surface area contributed by atoms with Gasteiger partial charge < -0.3 is 5.73 Å². The van der Waals surface area contributed by atoms with Crippen LogP contribution in [0.3, 0.4) is 0 Å². The molecule has 1 aromatic rings. The summed E-state index contributed by atoms with van der Waals surface area (Å²) in [6.45, 7) is 4.28. The van der Waals surface area contributed by atoms with Gasteiger partial charge in [-0.2, -0.15) is 0 Å². The lowest BCUT2D eigenvalue weighted by Gasteiger charge is -2.12. The first kappa shape index (κ1) is 13.8. The maximum absolute atomic E-state index is 12.0. The molecule has 1 saturated heterocycles. The van der Waals surface area contributed by atoms with E-state index in [9.17, 15) is 9.59 Å². The number of carbonyl (C=O) groups is 2. The van der Waals surface area contributed by atoms with Crippen LogP contribution in [0.2, 0.25) is 0 Å². The zero-order chi connectivity index (χ0) is 14.0. The molecule has 1 fully saturated rings. The summed E-state index contributed by atoms with van der Waals surface area (Å²) in [6.07, 6.45) is 0. The summed E-state index contributed by atoms with van der Waals surface area (Å²) >= 11 is 1.49. The second-order valence-corrected chi connectivity index (χ2v) is 5.78. The molecule has 2 rings (SSSR count). The van der Waals surface area contributed by atoms with Crippen molar-refractivity contribution in [3.05, 3.63) is 21.9 Å². The van der Waals surface area contributed by atoms with Crippen molar-refractivity contribution in [2.75, 3.05) is 6.54 Å². The lowest BCUT2D eigenvalue weighted by Crippen LogP contribution is -2.29. The SMILES string of the molecule is CC1C(=O)N(Cc2ccc(C#CCN)s2)C(=O)C1C. The fourth-order valence-corrected chi connectivity index (χ4v) is 2.88. The Kier molecular flexibility index (Phi) is 4.03. The predicted octanol–water partition coefficient (Wildman–Crippen LogP) is 1.20. The van der Waals surface area contributed by atoms with Crippen LogP contribution in [-0.2, 0) is 16.1 Å². The minimum atomic E-state index is -0.219. The molecule has 0 spiro atoms. The topological polar surface area (TPSA) is 63.4 Å². The fraction of sp³-hybridized carbons (Fsp3) is 0.429. The van der Waals surface area contributed by atoms with Gasteiger partial charge in [0.1, 0.15) is 0 Å². The van der Waals surface area contributed by atoms with E-state index >= 15 is 0 Å². The molecule has 19 heavy (non-hydrogen) atoms. The Labute approximate surface area is 116 Å². The number of nitrogens with two attached hydrogens (primary N) is 1. The number of likely N-dealkylation sites (tertiary alicyclic amines) is 1. The normalized spacial score (nSPS) is 22.6. The summed E-state index contributed by atoms with van der Waals surface area (Å²) in [5, 5.41) is 0. The van der Waals surface area contributed by atoms with E-state index in [2.05, 4.69) is 11.8 Å². The summed E-state index contributed by atoms with van der Waals surface area (Å²) in [7, 11) is 0. The van der Waals surface area contributed by atoms with Gasteiger partial charge in [0.25, 0.3) is 0 Å². The average Bonchev–Trinajstić information content (AvgIpc) is 2.92. The van der Waals surface area contributed by atoms with Gasteiger partial charge in [0.2, 0.25) is 11.8 Å². The van der Waals surface area contributed by atoms with Crippen molar-refractivity contribution in [1.82, 2.24) is 4.90 Å². The van der Waals surface area contributed by atoms with Crippen molar-refractivity contribution >= 4 is 23.2 Å². The first-order chi connectivity index (χ1) is 9.04. The number of thiophene rings is 1. The molecule has 2 atom stereocenters. The highest BCUT2D eigenvalue weighted by Crippen LogP contribution is 2.28. The van der Waals surface area contributed by atoms with E-state index in [4.69, 9.17) is 5.73 Å². The van der Waals surface area contributed by atoms with Gasteiger partial charge in [-0.3, -0.25) is 14.5 Å². The minimum absolute atomic E-state index is 0.0829. The minimum Gasteiger partial charge on any atom is -0.320 e. The van der Waals surface area contributed by atoms with Gasteiger partial charge in [0.05, 0.1) is 18.0 Å². The highest BCUT2D eigenvalue weighted by molar-refractivity contribution is 7.12. The first-order valence-corrected chi connectivity index (χ1v) is 6.99. The van der Waals surface area contributed by atoms with Crippen LogP contribution in [0.5, 0.6) is 0 Å². The number of imide groups is 1. The third-order valence-corrected chi connectivity index (χ3v) is 4.34. The van der Waals surface area contributed by atoms with Crippen LogP contribution in [-0.4, -0.2) is 23.3 Å². The third kappa shape index (κ3) is 2.70. The van der Waals surface area contributed by atoms with Crippen LogP contribution in [0.4, 0.5) is 0 Å². The Morgan fingerprint density at radius 3 is 2.47 bits per heavy atom. The Morgan fingerprint density at radius 1 is 1.26 bits per heavy atom. The number of hydrogen-bond acceptors (Lipinski definition) is 4. The van der Waals surface area contributed by atoms with E-state index in [1.807, 2.05) is 12.1 Å². The van der Waals surface area contributed by atoms with E-state index in [0.29, 0.717) is 13.1 Å². The number of amides is 2. The lowest BCUT2D eigenvalue weighted by molar-refractivity contribution is -0.140. The molecule has 0 bridgehead atoms. The van der Waals surface area contributed by atoms with Gasteiger partial charge in [-0.15, -0.1) is 11.3 Å². The summed E-state index contributed by atoms with van der Waals surface area (Å²) in [5.74, 6) is 5.13. The van der Waals surface area contributed by atoms with Crippen LogP contribution in [0.1, 0.15) is 23.6 Å². The molecule has 0 aromatic carbocycles. The molecule has 5 heteroatoms. The molecule has 2 heterocycles. The smallest absolute Gasteiger partial charge is 0.233 e. The monoisotopic (exact) mass is 276 g/mol. The van der Waals surface area contributed by atoms with Gasteiger partial charge in [-0.1, -0.05) is 25.7 Å². The summed E-state index contributed by atoms with van der Waals surface area (Å²) in [6, 6.07) is 3.79. The van der Waals surface area contributed by atoms with E-state index in [1.165, 1.54) is 16.2 Å². The summed E-state index contributed by atoms with van der Waals surface area (Å²) in [5.41, 5.74) is 5.32. The van der Waals surface area contributed by atoms with Crippen LogP contribution < -0.4 is 5.73 Å². The second kappa shape index (κ2) is 5.55. The van der Waals surface area contributed by atoms with E-state index < -0.39 is 0 Å². The Hall–Kier alpha value is -1.64. The molecule has 4 nitrogen and oxygen atoms in total. The number of carbonyl (C=O) groups excluding carboxylic acids is 2. The number of hydrogen-bond donors (Lipinski definition) is 1. The Balaban J connectivity index is 2.11. The maximum Gasteiger partial charge on any atom is 0.233 e. The van der Waals surface area contributed by atoms with E-state index in [-0.39, 0.29) is 23.7 Å². The zero-order valence-electron chi connectivity index (χ0n) is 11.0. The quantitative estimate of drug-likeness (QED) is 0.652. The van der Waals surface area contributed by atoms with Crippen molar-refractivity contribution in [2.24, 2.45) is 17.6 Å². The van der Waals surface area contributed by atoms with E-state index in [0.717, 1.165) is 9.75 Å². The molecule has 2 N–H and O–H groups in total. The molecule has 100 valence electrons. The predicted molar refractivity (Wildman–Crippen MR) is 74.1 cm³/mol. The van der Waals surface area contributed by atoms with Gasteiger partial charge >= 0.3 is 0 Å². The molecular formula is C14H16N2O2S. The first-order valence-electron chi connectivity index (χ1n) is 6.17. The Bertz CT molecular complexity index is 547. The average molecular weight is 276 g/mol. The van der Waals surface area contributed by atoms with Gasteiger partial charge in [0, 0.05) is 16.7 Å². The van der Waals surface area contributed by atoms with Crippen molar-refractivity contribution in [1.29, 1.82) is 0 Å². The molecule has 1 aliphatic heterocycles. The van der Waals surface area contributed by atoms with Crippen molar-refractivity contribution in [3.8, 4) is 11.8 Å². The lowest BCUT2D eigenvalue weighted by atomic mass is 10.00. The Morgan fingerprint density at radius 2 is 1.89 bits per heavy atom. The maximum atomic E-state index is 12.0. The molecule has 1 aromatic heterocycles. The number of nitrogens with zero attached hydrogens (tertiary/aromatic N) is 1. The van der Waals surface area contributed by atoms with Crippen molar-refractivity contribution in [3.63, 3.8) is 0 Å². The van der Waals surface area contributed by atoms with E-state index in [1.54, 1.807) is 13.8 Å². The summed E-state index contributed by atoms with van der Waals surface area (Å²) < 4.78 is 0. The van der Waals surface area contributed by atoms with Crippen LogP contribution in [0.15, 0.2) is 12.1 Å². The molecular weight excluding hydrogens is 260 g/mol. The van der Waals surface area contributed by atoms with Crippen molar-refractivity contribution < 1.29 is 9.59 Å². The number of rotatable bonds is 2. The molecule has 0 saturated carbocycles. The van der Waals surface area contributed by atoms with Gasteiger partial charge in [-0.05, 0) is 12.1 Å². The van der Waals surface area contributed by atoms with Crippen LogP contribution >= 0.6 is 11.3 Å². The highest BCUT2D eigenvalue weighted by atomic mass is 32.1. The van der Waals surface area contributed by atoms with Gasteiger partial charge in [0.15, 0.2) is 0 Å². The molecule has 2 amide bonds. The molecule has 2 unspecified atom stereocenters. The fourth-order valence-electron chi connectivity index (χ4n) is 2.01. The highest BCUT2D eigenvalue weighted by Gasteiger charge is 2.42. The van der Waals surface area contributed by atoms with Crippen LogP contribution in [0, 0.1) is 23.7 Å². The molecule has 1 aliphatic rings. The third-order valence-electron chi connectivity index (χ3n) is 3.35. The van der Waals surface area contributed by atoms with Crippen LogP contribution in [0.25, 0.3) is 0 Å².